The van der Waals surface area contributed by atoms with Crippen LogP contribution in [0.4, 0.5) is 5.69 Å². The topological polar surface area (TPSA) is 98.8 Å². The monoisotopic (exact) mass is 640 g/mol. The van der Waals surface area contributed by atoms with Gasteiger partial charge in [0.25, 0.3) is 0 Å². The number of hydrogen-bond donors (Lipinski definition) is 2. The van der Waals surface area contributed by atoms with E-state index in [2.05, 4.69) is 22.5 Å². The number of rotatable bonds is 8. The molecule has 2 N–H and O–H groups in total. The van der Waals surface area contributed by atoms with Crippen molar-refractivity contribution in [1.29, 1.82) is 0 Å². The van der Waals surface area contributed by atoms with E-state index in [-0.39, 0.29) is 30.0 Å². The van der Waals surface area contributed by atoms with Crippen LogP contribution < -0.4 is 10.6 Å². The van der Waals surface area contributed by atoms with Gasteiger partial charge in [0.2, 0.25) is 23.6 Å². The number of amides is 4. The minimum atomic E-state index is -0.471. The first-order chi connectivity index (χ1) is 23.4. The van der Waals surface area contributed by atoms with Crippen LogP contribution in [0.25, 0.3) is 0 Å². The molecule has 3 aliphatic rings. The molecule has 8 heteroatoms. The Morgan fingerprint density at radius 2 is 1.17 bits per heavy atom. The fourth-order valence-electron chi connectivity index (χ4n) is 6.52. The maximum Gasteiger partial charge on any atom is 0.247 e. The van der Waals surface area contributed by atoms with Crippen LogP contribution in [-0.2, 0) is 32.0 Å². The lowest BCUT2D eigenvalue weighted by Gasteiger charge is -2.25. The van der Waals surface area contributed by atoms with Gasteiger partial charge >= 0.3 is 0 Å². The zero-order chi connectivity index (χ0) is 33.3. The molecule has 0 spiro atoms. The van der Waals surface area contributed by atoms with Gasteiger partial charge in [0.15, 0.2) is 0 Å². The Morgan fingerprint density at radius 1 is 0.625 bits per heavy atom. The maximum absolute atomic E-state index is 13.1. The van der Waals surface area contributed by atoms with Crippen LogP contribution in [0.2, 0.25) is 0 Å². The number of allylic oxidation sites excluding steroid dienone is 4. The number of carbonyl (C=O) groups excluding carboxylic acids is 4. The van der Waals surface area contributed by atoms with E-state index < -0.39 is 12.1 Å². The van der Waals surface area contributed by atoms with Crippen LogP contribution in [0.3, 0.4) is 0 Å². The lowest BCUT2D eigenvalue weighted by Crippen LogP contribution is -2.46. The number of likely N-dealkylation sites (tertiary alicyclic amines) is 2. The third kappa shape index (κ3) is 8.29. The van der Waals surface area contributed by atoms with Crippen molar-refractivity contribution in [3.05, 3.63) is 125 Å². The second-order valence-electron chi connectivity index (χ2n) is 12.5. The number of nitrogens with one attached hydrogen (secondary N) is 2. The Kier molecular flexibility index (Phi) is 10.5. The summed E-state index contributed by atoms with van der Waals surface area (Å²) in [5.41, 5.74) is 5.17. The Bertz CT molecular complexity index is 1770. The van der Waals surface area contributed by atoms with E-state index in [0.29, 0.717) is 50.9 Å². The van der Waals surface area contributed by atoms with E-state index in [9.17, 15) is 19.2 Å². The fraction of sp³-hybridized carbons (Fsp3) is 0.300. The molecule has 0 unspecified atom stereocenters. The largest absolute Gasteiger partial charge is 0.330 e. The molecule has 1 aliphatic carbocycles. The molecule has 0 radical (unpaired) electrons. The average Bonchev–Trinajstić information content (AvgIpc) is 3.81. The Hall–Kier alpha value is -5.42. The van der Waals surface area contributed by atoms with Crippen molar-refractivity contribution in [3.63, 3.8) is 0 Å². The first-order valence-corrected chi connectivity index (χ1v) is 16.7. The molecule has 0 saturated carbocycles. The SMILES string of the molecule is O=C(NC1=CC=C(C#Cc2ccc(NC(=O)[C@@H]3CCCN3C(=O)Cc3ccccc3)cc2)CC1)[C@@H]1CCCN1C(=O)Cc1ccccc1. The predicted octanol–water partition coefficient (Wildman–Crippen LogP) is 5.16. The quantitative estimate of drug-likeness (QED) is 0.332. The van der Waals surface area contributed by atoms with Gasteiger partial charge in [-0.15, -0.1) is 0 Å². The minimum absolute atomic E-state index is 0.0178. The summed E-state index contributed by atoms with van der Waals surface area (Å²) >= 11 is 0. The lowest BCUT2D eigenvalue weighted by molar-refractivity contribution is -0.137. The molecule has 3 aromatic carbocycles. The summed E-state index contributed by atoms with van der Waals surface area (Å²) in [7, 11) is 0. The van der Waals surface area contributed by atoms with Crippen LogP contribution in [0.15, 0.2) is 108 Å². The van der Waals surface area contributed by atoms with Crippen molar-refractivity contribution in [1.82, 2.24) is 15.1 Å². The highest BCUT2D eigenvalue weighted by Crippen LogP contribution is 2.23. The lowest BCUT2D eigenvalue weighted by atomic mass is 10.0. The summed E-state index contributed by atoms with van der Waals surface area (Å²) < 4.78 is 0. The molecule has 2 atom stereocenters. The van der Waals surface area contributed by atoms with Crippen molar-refractivity contribution < 1.29 is 19.2 Å². The number of benzene rings is 3. The zero-order valence-corrected chi connectivity index (χ0v) is 27.0. The first-order valence-electron chi connectivity index (χ1n) is 16.7. The molecular weight excluding hydrogens is 600 g/mol. The Balaban J connectivity index is 0.990. The molecular formula is C40H40N4O4. The molecule has 0 bridgehead atoms. The highest BCUT2D eigenvalue weighted by Gasteiger charge is 2.35. The van der Waals surface area contributed by atoms with Crippen molar-refractivity contribution in [3.8, 4) is 11.8 Å². The number of hydrogen-bond acceptors (Lipinski definition) is 4. The van der Waals surface area contributed by atoms with Crippen molar-refractivity contribution in [2.24, 2.45) is 0 Å². The van der Waals surface area contributed by atoms with E-state index in [1.54, 1.807) is 9.80 Å². The van der Waals surface area contributed by atoms with Crippen LogP contribution in [0, 0.1) is 11.8 Å². The molecule has 8 nitrogen and oxygen atoms in total. The summed E-state index contributed by atoms with van der Waals surface area (Å²) in [4.78, 5) is 55.5. The third-order valence-electron chi connectivity index (χ3n) is 9.10. The molecule has 4 amide bonds. The molecule has 2 aliphatic heterocycles. The number of nitrogens with zero attached hydrogens (tertiary/aromatic N) is 2. The average molecular weight is 641 g/mol. The van der Waals surface area contributed by atoms with Gasteiger partial charge in [0.1, 0.15) is 12.1 Å². The number of carbonyl (C=O) groups is 4. The molecule has 2 heterocycles. The van der Waals surface area contributed by atoms with Gasteiger partial charge in [-0.25, -0.2) is 0 Å². The van der Waals surface area contributed by atoms with E-state index in [1.807, 2.05) is 97.1 Å². The smallest absolute Gasteiger partial charge is 0.247 e. The summed E-state index contributed by atoms with van der Waals surface area (Å²) in [5.74, 6) is 6.06. The van der Waals surface area contributed by atoms with Crippen LogP contribution in [0.5, 0.6) is 0 Å². The second-order valence-corrected chi connectivity index (χ2v) is 12.5. The van der Waals surface area contributed by atoms with Crippen LogP contribution >= 0.6 is 0 Å². The van der Waals surface area contributed by atoms with Gasteiger partial charge in [-0.05, 0) is 86.1 Å². The second kappa shape index (κ2) is 15.4. The van der Waals surface area contributed by atoms with Crippen molar-refractivity contribution >= 4 is 29.3 Å². The van der Waals surface area contributed by atoms with Gasteiger partial charge in [-0.2, -0.15) is 0 Å². The van der Waals surface area contributed by atoms with Crippen molar-refractivity contribution in [2.75, 3.05) is 18.4 Å². The normalized spacial score (nSPS) is 18.7. The highest BCUT2D eigenvalue weighted by molar-refractivity contribution is 5.97. The molecule has 3 aromatic rings. The Morgan fingerprint density at radius 3 is 1.69 bits per heavy atom. The molecule has 48 heavy (non-hydrogen) atoms. The molecule has 244 valence electrons. The molecule has 0 aromatic heterocycles. The number of anilines is 1. The molecule has 2 fully saturated rings. The summed E-state index contributed by atoms with van der Waals surface area (Å²) in [5, 5.41) is 6.01. The van der Waals surface area contributed by atoms with E-state index in [4.69, 9.17) is 0 Å². The van der Waals surface area contributed by atoms with Crippen LogP contribution in [-0.4, -0.2) is 58.6 Å². The fourth-order valence-corrected chi connectivity index (χ4v) is 6.52. The predicted molar refractivity (Wildman–Crippen MR) is 185 cm³/mol. The van der Waals surface area contributed by atoms with Gasteiger partial charge in [-0.3, -0.25) is 19.2 Å². The van der Waals surface area contributed by atoms with E-state index in [0.717, 1.165) is 40.8 Å². The Labute approximate surface area is 281 Å². The van der Waals surface area contributed by atoms with E-state index >= 15 is 0 Å². The van der Waals surface area contributed by atoms with Gasteiger partial charge in [0, 0.05) is 35.6 Å². The van der Waals surface area contributed by atoms with Crippen molar-refractivity contribution in [2.45, 2.75) is 63.5 Å². The third-order valence-corrected chi connectivity index (χ3v) is 9.10. The summed E-state index contributed by atoms with van der Waals surface area (Å²) in [6.45, 7) is 1.19. The first kappa shape index (κ1) is 32.5. The maximum atomic E-state index is 13.1. The highest BCUT2D eigenvalue weighted by atomic mass is 16.2. The zero-order valence-electron chi connectivity index (χ0n) is 27.0. The minimum Gasteiger partial charge on any atom is -0.330 e. The van der Waals surface area contributed by atoms with E-state index in [1.165, 1.54) is 0 Å². The summed E-state index contributed by atoms with van der Waals surface area (Å²) in [6.07, 6.45) is 8.72. The summed E-state index contributed by atoms with van der Waals surface area (Å²) in [6, 6.07) is 25.7. The molecule has 2 saturated heterocycles. The standard InChI is InChI=1S/C40H40N4O4/c45-37(27-31-9-3-1-4-10-31)43-25-7-13-35(43)39(47)41-33-21-17-29(18-22-33)15-16-30-19-23-34(24-20-30)42-40(48)36-14-8-26-44(36)38(46)28-32-11-5-2-6-12-32/h1-6,9-12,17-19,21-23,35-36H,7-8,13-14,20,24-28H2,(H,41,47)(H,42,48)/t35-,36-/m0/s1. The van der Waals surface area contributed by atoms with Gasteiger partial charge in [0.05, 0.1) is 12.8 Å². The van der Waals surface area contributed by atoms with Gasteiger partial charge in [-0.1, -0.05) is 72.5 Å². The van der Waals surface area contributed by atoms with Gasteiger partial charge < -0.3 is 20.4 Å². The van der Waals surface area contributed by atoms with Crippen LogP contribution in [0.1, 0.15) is 55.2 Å². The molecule has 6 rings (SSSR count).